The molecule has 1 aliphatic heterocycles. The van der Waals surface area contributed by atoms with E-state index in [9.17, 15) is 0 Å². The molecule has 5 nitrogen and oxygen atoms in total. The van der Waals surface area contributed by atoms with Crippen molar-refractivity contribution < 1.29 is 0 Å². The molecule has 0 aromatic carbocycles. The average Bonchev–Trinajstić information content (AvgIpc) is 2.99. The van der Waals surface area contributed by atoms with Crippen LogP contribution in [0.1, 0.15) is 40.0 Å². The second-order valence-corrected chi connectivity index (χ2v) is 6.28. The van der Waals surface area contributed by atoms with Gasteiger partial charge >= 0.3 is 0 Å². The summed E-state index contributed by atoms with van der Waals surface area (Å²) in [4.78, 5) is 15.9. The summed E-state index contributed by atoms with van der Waals surface area (Å²) in [5, 5.41) is 4.06. The van der Waals surface area contributed by atoms with Crippen LogP contribution in [0.5, 0.6) is 0 Å². The third kappa shape index (κ3) is 4.23. The molecule has 1 fully saturated rings. The largest absolute Gasteiger partial charge is 0.354 e. The average molecular weight is 295 g/mol. The summed E-state index contributed by atoms with van der Waals surface area (Å²) in [6.45, 7) is 9.50. The Labute approximate surface area is 126 Å². The smallest absolute Gasteiger partial charge is 0.231 e. The Bertz CT molecular complexity index is 420. The van der Waals surface area contributed by atoms with E-state index in [0.717, 1.165) is 36.5 Å². The minimum Gasteiger partial charge on any atom is -0.354 e. The molecule has 1 saturated heterocycles. The summed E-state index contributed by atoms with van der Waals surface area (Å²) in [5.74, 6) is 3.29. The number of thioether (sulfide) groups is 1. The Morgan fingerprint density at radius 3 is 2.60 bits per heavy atom. The fourth-order valence-corrected chi connectivity index (χ4v) is 3.01. The van der Waals surface area contributed by atoms with Crippen molar-refractivity contribution in [2.75, 3.05) is 35.6 Å². The molecule has 2 heterocycles. The van der Waals surface area contributed by atoms with E-state index in [1.54, 1.807) is 11.8 Å². The summed E-state index contributed by atoms with van der Waals surface area (Å²) in [6, 6.07) is 0. The molecule has 0 radical (unpaired) electrons. The zero-order valence-corrected chi connectivity index (χ0v) is 13.5. The van der Waals surface area contributed by atoms with Gasteiger partial charge in [-0.3, -0.25) is 0 Å². The molecular formula is C14H25N5S. The molecule has 6 heteroatoms. The highest BCUT2D eigenvalue weighted by atomic mass is 32.2. The molecule has 0 bridgehead atoms. The Morgan fingerprint density at radius 2 is 1.95 bits per heavy atom. The van der Waals surface area contributed by atoms with Crippen LogP contribution in [-0.4, -0.2) is 40.3 Å². The lowest BCUT2D eigenvalue weighted by Gasteiger charge is -2.17. The maximum atomic E-state index is 4.63. The third-order valence-electron chi connectivity index (χ3n) is 3.52. The van der Waals surface area contributed by atoms with Gasteiger partial charge in [-0.1, -0.05) is 32.0 Å². The van der Waals surface area contributed by atoms with Crippen molar-refractivity contribution in [3.63, 3.8) is 0 Å². The van der Waals surface area contributed by atoms with Crippen molar-refractivity contribution in [2.24, 2.45) is 5.92 Å². The number of aromatic nitrogens is 3. The maximum Gasteiger partial charge on any atom is 0.231 e. The zero-order valence-electron chi connectivity index (χ0n) is 12.7. The highest BCUT2D eigenvalue weighted by Gasteiger charge is 2.17. The summed E-state index contributed by atoms with van der Waals surface area (Å²) in [6.07, 6.45) is 3.66. The predicted molar refractivity (Wildman–Crippen MR) is 85.6 cm³/mol. The first-order valence-electron chi connectivity index (χ1n) is 7.60. The lowest BCUT2D eigenvalue weighted by Crippen LogP contribution is -2.22. The minimum atomic E-state index is 0.689. The van der Waals surface area contributed by atoms with Gasteiger partial charge in [0, 0.05) is 25.4 Å². The van der Waals surface area contributed by atoms with Gasteiger partial charge in [-0.25, -0.2) is 0 Å². The Morgan fingerprint density at radius 1 is 1.20 bits per heavy atom. The van der Waals surface area contributed by atoms with E-state index in [-0.39, 0.29) is 0 Å². The highest BCUT2D eigenvalue weighted by molar-refractivity contribution is 7.99. The number of anilines is 2. The number of rotatable bonds is 7. The van der Waals surface area contributed by atoms with Gasteiger partial charge in [0.15, 0.2) is 5.16 Å². The van der Waals surface area contributed by atoms with Crippen LogP contribution < -0.4 is 10.2 Å². The van der Waals surface area contributed by atoms with Crippen LogP contribution in [0.15, 0.2) is 5.16 Å². The molecule has 1 aromatic heterocycles. The van der Waals surface area contributed by atoms with Gasteiger partial charge in [0.25, 0.3) is 0 Å². The second kappa shape index (κ2) is 7.67. The molecule has 1 atom stereocenters. The quantitative estimate of drug-likeness (QED) is 0.780. The topological polar surface area (TPSA) is 53.9 Å². The molecule has 0 spiro atoms. The number of nitrogens with one attached hydrogen (secondary N) is 1. The Balaban J connectivity index is 2.12. The van der Waals surface area contributed by atoms with Gasteiger partial charge in [0.2, 0.25) is 11.9 Å². The number of hydrogen-bond acceptors (Lipinski definition) is 6. The van der Waals surface area contributed by atoms with Crippen LogP contribution in [0.4, 0.5) is 11.9 Å². The van der Waals surface area contributed by atoms with E-state index < -0.39 is 0 Å². The summed E-state index contributed by atoms with van der Waals surface area (Å²) in [7, 11) is 0. The van der Waals surface area contributed by atoms with Crippen molar-refractivity contribution in [1.29, 1.82) is 0 Å². The van der Waals surface area contributed by atoms with Crippen molar-refractivity contribution in [3.8, 4) is 0 Å². The second-order valence-electron chi connectivity index (χ2n) is 5.29. The monoisotopic (exact) mass is 295 g/mol. The summed E-state index contributed by atoms with van der Waals surface area (Å²) < 4.78 is 0. The molecule has 2 rings (SSSR count). The molecule has 1 unspecified atom stereocenters. The Hall–Kier alpha value is -1.04. The lowest BCUT2D eigenvalue weighted by atomic mass is 10.2. The highest BCUT2D eigenvalue weighted by Crippen LogP contribution is 2.23. The van der Waals surface area contributed by atoms with Gasteiger partial charge < -0.3 is 10.2 Å². The SMILES string of the molecule is CCNc1nc(SCC(C)CC)nc(N2CCCC2)n1. The van der Waals surface area contributed by atoms with Gasteiger partial charge in [0.05, 0.1) is 0 Å². The van der Waals surface area contributed by atoms with Crippen LogP contribution >= 0.6 is 11.8 Å². The van der Waals surface area contributed by atoms with Crippen LogP contribution in [0.3, 0.4) is 0 Å². The first kappa shape index (κ1) is 15.4. The maximum absolute atomic E-state index is 4.63. The Kier molecular flexibility index (Phi) is 5.88. The molecule has 1 N–H and O–H groups in total. The van der Waals surface area contributed by atoms with E-state index in [2.05, 4.69) is 45.9 Å². The summed E-state index contributed by atoms with van der Waals surface area (Å²) >= 11 is 1.74. The van der Waals surface area contributed by atoms with E-state index in [0.29, 0.717) is 11.9 Å². The fourth-order valence-electron chi connectivity index (χ4n) is 2.04. The van der Waals surface area contributed by atoms with E-state index in [1.165, 1.54) is 19.3 Å². The predicted octanol–water partition coefficient (Wildman–Crippen LogP) is 3.04. The van der Waals surface area contributed by atoms with E-state index in [1.807, 2.05) is 0 Å². The molecule has 0 saturated carbocycles. The van der Waals surface area contributed by atoms with E-state index >= 15 is 0 Å². The van der Waals surface area contributed by atoms with Crippen molar-refractivity contribution in [2.45, 2.75) is 45.2 Å². The standard InChI is InChI=1S/C14H25N5S/c1-4-11(3)10-20-14-17-12(15-5-2)16-13(18-14)19-8-6-7-9-19/h11H,4-10H2,1-3H3,(H,15,16,17,18). The van der Waals surface area contributed by atoms with E-state index in [4.69, 9.17) is 0 Å². The molecule has 1 aliphatic rings. The number of nitrogens with zero attached hydrogens (tertiary/aromatic N) is 4. The van der Waals surface area contributed by atoms with Crippen LogP contribution in [-0.2, 0) is 0 Å². The fraction of sp³-hybridized carbons (Fsp3) is 0.786. The van der Waals surface area contributed by atoms with Crippen LogP contribution in [0.2, 0.25) is 0 Å². The molecule has 1 aromatic rings. The van der Waals surface area contributed by atoms with Crippen molar-refractivity contribution in [3.05, 3.63) is 0 Å². The lowest BCUT2D eigenvalue weighted by molar-refractivity contribution is 0.635. The molecular weight excluding hydrogens is 270 g/mol. The van der Waals surface area contributed by atoms with Gasteiger partial charge in [-0.2, -0.15) is 15.0 Å². The first-order valence-corrected chi connectivity index (χ1v) is 8.59. The van der Waals surface area contributed by atoms with Crippen LogP contribution in [0, 0.1) is 5.92 Å². The van der Waals surface area contributed by atoms with Gasteiger partial charge in [-0.15, -0.1) is 0 Å². The van der Waals surface area contributed by atoms with Crippen molar-refractivity contribution >= 4 is 23.7 Å². The first-order chi connectivity index (χ1) is 9.72. The number of hydrogen-bond donors (Lipinski definition) is 1. The third-order valence-corrected chi connectivity index (χ3v) is 4.70. The van der Waals surface area contributed by atoms with Gasteiger partial charge in [0.1, 0.15) is 0 Å². The minimum absolute atomic E-state index is 0.689. The molecule has 0 aliphatic carbocycles. The van der Waals surface area contributed by atoms with Crippen LogP contribution in [0.25, 0.3) is 0 Å². The summed E-state index contributed by atoms with van der Waals surface area (Å²) in [5.41, 5.74) is 0. The molecule has 112 valence electrons. The molecule has 20 heavy (non-hydrogen) atoms. The zero-order chi connectivity index (χ0) is 14.4. The molecule has 0 amide bonds. The van der Waals surface area contributed by atoms with Crippen molar-refractivity contribution in [1.82, 2.24) is 15.0 Å². The van der Waals surface area contributed by atoms with Gasteiger partial charge in [-0.05, 0) is 25.7 Å². The normalized spacial score (nSPS) is 16.4.